The Morgan fingerprint density at radius 1 is 1.33 bits per heavy atom. The first-order chi connectivity index (χ1) is 12.7. The van der Waals surface area contributed by atoms with Crippen LogP contribution in [0.2, 0.25) is 0 Å². The molecule has 8 nitrogen and oxygen atoms in total. The highest BCUT2D eigenvalue weighted by Gasteiger charge is 2.31. The number of aromatic nitrogens is 2. The Labute approximate surface area is 152 Å². The molecule has 146 valence electrons. The van der Waals surface area contributed by atoms with E-state index in [9.17, 15) is 28.1 Å². The summed E-state index contributed by atoms with van der Waals surface area (Å²) in [5.41, 5.74) is 0.610. The quantitative estimate of drug-likeness (QED) is 0.630. The van der Waals surface area contributed by atoms with Crippen molar-refractivity contribution >= 4 is 22.5 Å². The number of rotatable bonds is 5. The van der Waals surface area contributed by atoms with Crippen molar-refractivity contribution in [2.45, 2.75) is 25.7 Å². The second kappa shape index (κ2) is 7.51. The SMILES string of the molecule is O=C(NCC(F)(F)F)C1CCN(Cn2ncc3ccc([N+](=O)[O-])cc32)CC1. The van der Waals surface area contributed by atoms with E-state index in [1.165, 1.54) is 12.1 Å². The zero-order valence-corrected chi connectivity index (χ0v) is 14.3. The number of alkyl halides is 3. The number of hydrogen-bond acceptors (Lipinski definition) is 5. The van der Waals surface area contributed by atoms with Gasteiger partial charge in [-0.25, -0.2) is 0 Å². The number of fused-ring (bicyclic) bond motifs is 1. The Bertz CT molecular complexity index is 843. The number of halogens is 3. The molecule has 0 radical (unpaired) electrons. The number of benzene rings is 1. The maximum absolute atomic E-state index is 12.2. The Morgan fingerprint density at radius 2 is 2.04 bits per heavy atom. The average Bonchev–Trinajstić information content (AvgIpc) is 3.02. The monoisotopic (exact) mass is 385 g/mol. The highest BCUT2D eigenvalue weighted by Crippen LogP contribution is 2.23. The number of amides is 1. The van der Waals surface area contributed by atoms with Gasteiger partial charge in [-0.15, -0.1) is 0 Å². The van der Waals surface area contributed by atoms with E-state index in [0.29, 0.717) is 38.1 Å². The summed E-state index contributed by atoms with van der Waals surface area (Å²) in [4.78, 5) is 24.3. The lowest BCUT2D eigenvalue weighted by Gasteiger charge is -2.31. The topological polar surface area (TPSA) is 93.3 Å². The number of nitro groups is 1. The molecule has 27 heavy (non-hydrogen) atoms. The summed E-state index contributed by atoms with van der Waals surface area (Å²) in [6.07, 6.45) is -1.90. The summed E-state index contributed by atoms with van der Waals surface area (Å²) in [7, 11) is 0. The fourth-order valence-electron chi connectivity index (χ4n) is 3.14. The third kappa shape index (κ3) is 4.73. The first-order valence-electron chi connectivity index (χ1n) is 8.40. The fourth-order valence-corrected chi connectivity index (χ4v) is 3.14. The number of hydrogen-bond donors (Lipinski definition) is 1. The fraction of sp³-hybridized carbons (Fsp3) is 0.500. The van der Waals surface area contributed by atoms with Crippen LogP contribution in [0.4, 0.5) is 18.9 Å². The molecule has 0 aliphatic carbocycles. The van der Waals surface area contributed by atoms with Crippen molar-refractivity contribution in [3.8, 4) is 0 Å². The van der Waals surface area contributed by atoms with Crippen molar-refractivity contribution in [3.63, 3.8) is 0 Å². The predicted molar refractivity (Wildman–Crippen MR) is 89.7 cm³/mol. The summed E-state index contributed by atoms with van der Waals surface area (Å²) in [5.74, 6) is -1.02. The Hall–Kier alpha value is -2.69. The van der Waals surface area contributed by atoms with Crippen molar-refractivity contribution in [1.29, 1.82) is 0 Å². The first kappa shape index (κ1) is 19.1. The molecule has 0 saturated carbocycles. The lowest BCUT2D eigenvalue weighted by Crippen LogP contribution is -2.43. The van der Waals surface area contributed by atoms with Gasteiger partial charge in [-0.1, -0.05) is 0 Å². The average molecular weight is 385 g/mol. The molecule has 1 saturated heterocycles. The van der Waals surface area contributed by atoms with Gasteiger partial charge in [0.2, 0.25) is 5.91 Å². The molecule has 0 unspecified atom stereocenters. The molecule has 1 aliphatic heterocycles. The largest absolute Gasteiger partial charge is 0.405 e. The van der Waals surface area contributed by atoms with Crippen LogP contribution < -0.4 is 5.32 Å². The van der Waals surface area contributed by atoms with Gasteiger partial charge in [0.25, 0.3) is 5.69 Å². The molecule has 11 heteroatoms. The van der Waals surface area contributed by atoms with Crippen molar-refractivity contribution in [1.82, 2.24) is 20.0 Å². The Kier molecular flexibility index (Phi) is 5.31. The molecule has 1 fully saturated rings. The number of nitrogens with zero attached hydrogens (tertiary/aromatic N) is 4. The van der Waals surface area contributed by atoms with Crippen LogP contribution in [-0.4, -0.2) is 51.3 Å². The van der Waals surface area contributed by atoms with E-state index in [2.05, 4.69) is 5.10 Å². The lowest BCUT2D eigenvalue weighted by atomic mass is 9.96. The smallest absolute Gasteiger partial charge is 0.347 e. The van der Waals surface area contributed by atoms with Gasteiger partial charge in [0.15, 0.2) is 0 Å². The third-order valence-corrected chi connectivity index (χ3v) is 4.59. The first-order valence-corrected chi connectivity index (χ1v) is 8.40. The minimum atomic E-state index is -4.42. The molecule has 1 aliphatic rings. The van der Waals surface area contributed by atoms with Gasteiger partial charge in [0, 0.05) is 36.5 Å². The molecule has 1 N–H and O–H groups in total. The van der Waals surface area contributed by atoms with E-state index in [1.54, 1.807) is 16.9 Å². The molecule has 1 aromatic heterocycles. The van der Waals surface area contributed by atoms with E-state index < -0.39 is 29.5 Å². The third-order valence-electron chi connectivity index (χ3n) is 4.59. The van der Waals surface area contributed by atoms with E-state index in [4.69, 9.17) is 0 Å². The van der Waals surface area contributed by atoms with Crippen LogP contribution in [0.25, 0.3) is 10.9 Å². The highest BCUT2D eigenvalue weighted by atomic mass is 19.4. The Morgan fingerprint density at radius 3 is 2.67 bits per heavy atom. The molecule has 0 atom stereocenters. The van der Waals surface area contributed by atoms with Gasteiger partial charge >= 0.3 is 6.18 Å². The maximum Gasteiger partial charge on any atom is 0.405 e. The summed E-state index contributed by atoms with van der Waals surface area (Å²) < 4.78 is 38.2. The number of nitrogens with one attached hydrogen (secondary N) is 1. The van der Waals surface area contributed by atoms with Crippen LogP contribution in [0.1, 0.15) is 12.8 Å². The lowest BCUT2D eigenvalue weighted by molar-refractivity contribution is -0.384. The number of likely N-dealkylation sites (tertiary alicyclic amines) is 1. The molecule has 0 bridgehead atoms. The van der Waals surface area contributed by atoms with Crippen LogP contribution in [0.15, 0.2) is 24.4 Å². The molecule has 1 aromatic carbocycles. The van der Waals surface area contributed by atoms with E-state index in [-0.39, 0.29) is 5.69 Å². The van der Waals surface area contributed by atoms with Crippen LogP contribution in [0.3, 0.4) is 0 Å². The number of non-ortho nitro benzene ring substituents is 1. The summed E-state index contributed by atoms with van der Waals surface area (Å²) in [6, 6.07) is 4.51. The van der Waals surface area contributed by atoms with Crippen LogP contribution in [0.5, 0.6) is 0 Å². The van der Waals surface area contributed by atoms with Crippen LogP contribution in [-0.2, 0) is 11.5 Å². The number of carbonyl (C=O) groups is 1. The van der Waals surface area contributed by atoms with Crippen molar-refractivity contribution in [3.05, 3.63) is 34.5 Å². The molecule has 3 rings (SSSR count). The van der Waals surface area contributed by atoms with Crippen LogP contribution in [0, 0.1) is 16.0 Å². The van der Waals surface area contributed by atoms with Gasteiger partial charge in [-0.05, 0) is 18.9 Å². The van der Waals surface area contributed by atoms with Crippen molar-refractivity contribution in [2.24, 2.45) is 5.92 Å². The summed E-state index contributed by atoms with van der Waals surface area (Å²) in [5, 5.41) is 17.9. The minimum Gasteiger partial charge on any atom is -0.347 e. The van der Waals surface area contributed by atoms with E-state index >= 15 is 0 Å². The number of carbonyl (C=O) groups excluding carboxylic acids is 1. The highest BCUT2D eigenvalue weighted by molar-refractivity contribution is 5.81. The zero-order valence-electron chi connectivity index (χ0n) is 14.3. The number of piperidine rings is 1. The van der Waals surface area contributed by atoms with Crippen LogP contribution >= 0.6 is 0 Å². The van der Waals surface area contributed by atoms with E-state index in [0.717, 1.165) is 5.39 Å². The van der Waals surface area contributed by atoms with Gasteiger partial charge in [-0.3, -0.25) is 24.5 Å². The van der Waals surface area contributed by atoms with Gasteiger partial charge in [-0.2, -0.15) is 18.3 Å². The van der Waals surface area contributed by atoms with Crippen molar-refractivity contribution < 1.29 is 22.9 Å². The summed E-state index contributed by atoms with van der Waals surface area (Å²) >= 11 is 0. The standard InChI is InChI=1S/C16H18F3N5O3/c17-16(18,19)9-20-15(25)11-3-5-22(6-4-11)10-23-14-7-13(24(26)27)2-1-12(14)8-21-23/h1-2,7-8,11H,3-6,9-10H2,(H,20,25). The normalized spacial score (nSPS) is 16.6. The molecular weight excluding hydrogens is 367 g/mol. The van der Waals surface area contributed by atoms with Gasteiger partial charge in [0.05, 0.1) is 23.3 Å². The molecule has 2 aromatic rings. The van der Waals surface area contributed by atoms with E-state index in [1.807, 2.05) is 10.2 Å². The second-order valence-corrected chi connectivity index (χ2v) is 6.51. The minimum absolute atomic E-state index is 0.0238. The van der Waals surface area contributed by atoms with Gasteiger partial charge < -0.3 is 5.32 Å². The molecule has 2 heterocycles. The second-order valence-electron chi connectivity index (χ2n) is 6.51. The molecule has 0 spiro atoms. The molecular formula is C16H18F3N5O3. The van der Waals surface area contributed by atoms with Crippen molar-refractivity contribution in [2.75, 3.05) is 19.6 Å². The number of nitro benzene ring substituents is 1. The zero-order chi connectivity index (χ0) is 19.6. The summed E-state index contributed by atoms with van der Waals surface area (Å²) in [6.45, 7) is 0.131. The Balaban J connectivity index is 1.58. The van der Waals surface area contributed by atoms with Gasteiger partial charge in [0.1, 0.15) is 6.54 Å². The maximum atomic E-state index is 12.2. The predicted octanol–water partition coefficient (Wildman–Crippen LogP) is 2.29. The molecule has 1 amide bonds.